The molecule has 0 amide bonds. The van der Waals surface area contributed by atoms with Crippen LogP contribution in [0.1, 0.15) is 13.9 Å². The Kier molecular flexibility index (Phi) is 2.14. The summed E-state index contributed by atoms with van der Waals surface area (Å²) in [5, 5.41) is 5.32. The number of fused-ring (bicyclic) bond motifs is 2. The molecular formula is C16H15+. The summed E-state index contributed by atoms with van der Waals surface area (Å²) in [6.07, 6.45) is 1.10. The zero-order chi connectivity index (χ0) is 11.0. The van der Waals surface area contributed by atoms with Crippen molar-refractivity contribution >= 4 is 21.5 Å². The van der Waals surface area contributed by atoms with E-state index in [1.54, 1.807) is 0 Å². The first-order valence-corrected chi connectivity index (χ1v) is 5.78. The molecule has 78 valence electrons. The molecule has 0 bridgehead atoms. The lowest BCUT2D eigenvalue weighted by Gasteiger charge is -2.04. The van der Waals surface area contributed by atoms with Crippen molar-refractivity contribution in [3.8, 4) is 0 Å². The second kappa shape index (κ2) is 3.64. The summed E-state index contributed by atoms with van der Waals surface area (Å²) >= 11 is 0. The van der Waals surface area contributed by atoms with Gasteiger partial charge in [0.15, 0.2) is 0 Å². The SMILES string of the molecule is CCc1ccc2cc3ccccc3cc2c1.[H+]. The minimum Gasteiger partial charge on any atom is -0.0616 e. The van der Waals surface area contributed by atoms with Crippen LogP contribution in [0, 0.1) is 0 Å². The molecule has 0 aromatic heterocycles. The lowest BCUT2D eigenvalue weighted by Crippen LogP contribution is -1.81. The lowest BCUT2D eigenvalue weighted by molar-refractivity contribution is 1.15. The van der Waals surface area contributed by atoms with Gasteiger partial charge in [0.05, 0.1) is 0 Å². The van der Waals surface area contributed by atoms with E-state index in [-0.39, 0.29) is 1.43 Å². The van der Waals surface area contributed by atoms with Gasteiger partial charge in [-0.15, -0.1) is 0 Å². The monoisotopic (exact) mass is 207 g/mol. The van der Waals surface area contributed by atoms with E-state index in [4.69, 9.17) is 0 Å². The van der Waals surface area contributed by atoms with Crippen LogP contribution < -0.4 is 0 Å². The summed E-state index contributed by atoms with van der Waals surface area (Å²) in [5.74, 6) is 0. The molecule has 0 spiro atoms. The zero-order valence-electron chi connectivity index (χ0n) is 10.4. The van der Waals surface area contributed by atoms with E-state index in [2.05, 4.69) is 61.5 Å². The van der Waals surface area contributed by atoms with Gasteiger partial charge in [0.25, 0.3) is 0 Å². The Hall–Kier alpha value is -1.82. The molecule has 3 rings (SSSR count). The second-order valence-corrected chi connectivity index (χ2v) is 4.23. The van der Waals surface area contributed by atoms with E-state index in [0.29, 0.717) is 0 Å². The Morgan fingerprint density at radius 2 is 1.38 bits per heavy atom. The van der Waals surface area contributed by atoms with Gasteiger partial charge < -0.3 is 0 Å². The summed E-state index contributed by atoms with van der Waals surface area (Å²) in [4.78, 5) is 0. The summed E-state index contributed by atoms with van der Waals surface area (Å²) in [7, 11) is 0. The van der Waals surface area contributed by atoms with Crippen molar-refractivity contribution in [3.63, 3.8) is 0 Å². The standard InChI is InChI=1S/C16H14/c1-2-12-7-8-15-10-13-5-3-4-6-14(13)11-16(15)9-12/h3-11H,2H2,1H3/p+1. The van der Waals surface area contributed by atoms with Crippen LogP contribution in [-0.4, -0.2) is 0 Å². The van der Waals surface area contributed by atoms with E-state index in [0.717, 1.165) is 6.42 Å². The highest BCUT2D eigenvalue weighted by molar-refractivity contribution is 5.98. The predicted octanol–water partition coefficient (Wildman–Crippen LogP) is 4.67. The summed E-state index contributed by atoms with van der Waals surface area (Å²) in [5.41, 5.74) is 1.41. The average Bonchev–Trinajstić information content (AvgIpc) is 2.35. The fourth-order valence-corrected chi connectivity index (χ4v) is 2.21. The molecule has 0 aliphatic rings. The Labute approximate surface area is 97.0 Å². The van der Waals surface area contributed by atoms with Gasteiger partial charge in [-0.25, -0.2) is 0 Å². The third kappa shape index (κ3) is 1.47. The van der Waals surface area contributed by atoms with E-state index >= 15 is 0 Å². The Morgan fingerprint density at radius 3 is 2.06 bits per heavy atom. The van der Waals surface area contributed by atoms with Crippen molar-refractivity contribution in [1.29, 1.82) is 0 Å². The maximum absolute atomic E-state index is 2.29. The van der Waals surface area contributed by atoms with Gasteiger partial charge in [-0.05, 0) is 45.7 Å². The molecule has 16 heavy (non-hydrogen) atoms. The largest absolute Gasteiger partial charge is 1.00 e. The number of aryl methyl sites for hydroxylation is 1. The van der Waals surface area contributed by atoms with Crippen molar-refractivity contribution in [2.24, 2.45) is 0 Å². The van der Waals surface area contributed by atoms with Gasteiger partial charge in [0, 0.05) is 0 Å². The molecule has 0 fully saturated rings. The molecule has 0 heteroatoms. The highest BCUT2D eigenvalue weighted by atomic mass is 14.0. The number of hydrogen-bond donors (Lipinski definition) is 0. The lowest BCUT2D eigenvalue weighted by atomic mass is 10.0. The first-order valence-electron chi connectivity index (χ1n) is 5.78. The van der Waals surface area contributed by atoms with Crippen LogP contribution in [0.4, 0.5) is 0 Å². The maximum Gasteiger partial charge on any atom is 1.00 e. The van der Waals surface area contributed by atoms with E-state index in [9.17, 15) is 0 Å². The molecule has 0 saturated carbocycles. The van der Waals surface area contributed by atoms with Crippen LogP contribution in [0.15, 0.2) is 54.6 Å². The number of hydrogen-bond acceptors (Lipinski definition) is 0. The van der Waals surface area contributed by atoms with Gasteiger partial charge in [-0.2, -0.15) is 0 Å². The molecule has 0 saturated heterocycles. The van der Waals surface area contributed by atoms with Crippen molar-refractivity contribution in [2.75, 3.05) is 0 Å². The molecular weight excluding hydrogens is 192 g/mol. The van der Waals surface area contributed by atoms with Crippen molar-refractivity contribution in [2.45, 2.75) is 13.3 Å². The Morgan fingerprint density at radius 1 is 0.750 bits per heavy atom. The van der Waals surface area contributed by atoms with Crippen molar-refractivity contribution < 1.29 is 1.43 Å². The summed E-state index contributed by atoms with van der Waals surface area (Å²) in [6.45, 7) is 2.20. The van der Waals surface area contributed by atoms with Crippen LogP contribution in [0.5, 0.6) is 0 Å². The third-order valence-corrected chi connectivity index (χ3v) is 3.18. The van der Waals surface area contributed by atoms with Crippen LogP contribution >= 0.6 is 0 Å². The van der Waals surface area contributed by atoms with Crippen LogP contribution in [-0.2, 0) is 6.42 Å². The van der Waals surface area contributed by atoms with Crippen molar-refractivity contribution in [1.82, 2.24) is 0 Å². The molecule has 0 N–H and O–H groups in total. The van der Waals surface area contributed by atoms with E-state index in [1.807, 2.05) is 0 Å². The molecule has 0 aliphatic carbocycles. The highest BCUT2D eigenvalue weighted by Gasteiger charge is 1.98. The first kappa shape index (κ1) is 9.41. The zero-order valence-corrected chi connectivity index (χ0v) is 9.40. The minimum absolute atomic E-state index is 0. The van der Waals surface area contributed by atoms with E-state index < -0.39 is 0 Å². The second-order valence-electron chi connectivity index (χ2n) is 4.23. The minimum atomic E-state index is 0. The quantitative estimate of drug-likeness (QED) is 0.509. The Bertz CT molecular complexity index is 656. The fourth-order valence-electron chi connectivity index (χ4n) is 2.21. The summed E-state index contributed by atoms with van der Waals surface area (Å²) < 4.78 is 0. The van der Waals surface area contributed by atoms with E-state index in [1.165, 1.54) is 27.1 Å². The molecule has 0 aliphatic heterocycles. The van der Waals surface area contributed by atoms with Gasteiger partial charge in [-0.1, -0.05) is 49.4 Å². The molecule has 3 aromatic carbocycles. The van der Waals surface area contributed by atoms with Gasteiger partial charge >= 0.3 is 1.43 Å². The smallest absolute Gasteiger partial charge is 0.0616 e. The normalized spacial score (nSPS) is 11.1. The number of rotatable bonds is 1. The molecule has 0 nitrogen and oxygen atoms in total. The fraction of sp³-hybridized carbons (Fsp3) is 0.125. The van der Waals surface area contributed by atoms with Crippen molar-refractivity contribution in [3.05, 3.63) is 60.2 Å². The van der Waals surface area contributed by atoms with Crippen LogP contribution in [0.2, 0.25) is 0 Å². The predicted molar refractivity (Wildman–Crippen MR) is 71.9 cm³/mol. The number of benzene rings is 3. The van der Waals surface area contributed by atoms with Crippen LogP contribution in [0.3, 0.4) is 0 Å². The average molecular weight is 207 g/mol. The van der Waals surface area contributed by atoms with Gasteiger partial charge in [0.2, 0.25) is 0 Å². The maximum atomic E-state index is 2.29. The third-order valence-electron chi connectivity index (χ3n) is 3.18. The van der Waals surface area contributed by atoms with Gasteiger partial charge in [-0.3, -0.25) is 0 Å². The molecule has 3 aromatic rings. The van der Waals surface area contributed by atoms with Crippen LogP contribution in [0.25, 0.3) is 21.5 Å². The Balaban J connectivity index is 0.00000108. The molecule has 0 atom stereocenters. The molecule has 0 radical (unpaired) electrons. The summed E-state index contributed by atoms with van der Waals surface area (Å²) in [6, 6.07) is 19.8. The first-order chi connectivity index (χ1) is 7.86. The topological polar surface area (TPSA) is 0 Å². The highest BCUT2D eigenvalue weighted by Crippen LogP contribution is 2.23. The molecule has 0 unspecified atom stereocenters. The van der Waals surface area contributed by atoms with Gasteiger partial charge in [0.1, 0.15) is 0 Å². The molecule has 0 heterocycles.